The summed E-state index contributed by atoms with van der Waals surface area (Å²) in [7, 11) is -0.245. The standard InChI is InChI=1S/C20H26N6O4S/c1-15-22-19(13-23(15)2)31(28,29)26-8-6-24(7-9-26)16-4-5-17-18(12-16)21-14-25(20(17)27)10-11-30-3/h4-5,12-14H,6-11H2,1-3H3. The summed E-state index contributed by atoms with van der Waals surface area (Å²) in [5.41, 5.74) is 1.44. The van der Waals surface area contributed by atoms with Gasteiger partial charge in [-0.25, -0.2) is 18.4 Å². The fourth-order valence-corrected chi connectivity index (χ4v) is 5.11. The number of imidazole rings is 1. The van der Waals surface area contributed by atoms with Crippen LogP contribution in [0.1, 0.15) is 5.82 Å². The molecule has 0 radical (unpaired) electrons. The lowest BCUT2D eigenvalue weighted by molar-refractivity contribution is 0.186. The van der Waals surface area contributed by atoms with Crippen molar-refractivity contribution in [3.05, 3.63) is 46.9 Å². The van der Waals surface area contributed by atoms with Crippen LogP contribution >= 0.6 is 0 Å². The first-order valence-corrected chi connectivity index (χ1v) is 11.5. The van der Waals surface area contributed by atoms with E-state index in [1.165, 1.54) is 15.2 Å². The monoisotopic (exact) mass is 446 g/mol. The Morgan fingerprint density at radius 3 is 2.55 bits per heavy atom. The van der Waals surface area contributed by atoms with E-state index in [1.807, 2.05) is 12.1 Å². The predicted octanol–water partition coefficient (Wildman–Crippen LogP) is 0.596. The highest BCUT2D eigenvalue weighted by Crippen LogP contribution is 2.23. The Bertz CT molecular complexity index is 1240. The lowest BCUT2D eigenvalue weighted by Crippen LogP contribution is -2.48. The van der Waals surface area contributed by atoms with Crippen LogP contribution in [0.2, 0.25) is 0 Å². The van der Waals surface area contributed by atoms with Crippen molar-refractivity contribution >= 4 is 26.6 Å². The number of sulfonamides is 1. The Morgan fingerprint density at radius 2 is 1.90 bits per heavy atom. The summed E-state index contributed by atoms with van der Waals surface area (Å²) in [6, 6.07) is 5.55. The molecule has 0 unspecified atom stereocenters. The zero-order valence-corrected chi connectivity index (χ0v) is 18.7. The normalized spacial score (nSPS) is 15.6. The summed E-state index contributed by atoms with van der Waals surface area (Å²) in [6.45, 7) is 4.48. The average molecular weight is 447 g/mol. The van der Waals surface area contributed by atoms with Gasteiger partial charge in [0.25, 0.3) is 15.6 Å². The third-order valence-corrected chi connectivity index (χ3v) is 7.41. The van der Waals surface area contributed by atoms with Gasteiger partial charge in [-0.05, 0) is 25.1 Å². The van der Waals surface area contributed by atoms with E-state index in [9.17, 15) is 13.2 Å². The van der Waals surface area contributed by atoms with Gasteiger partial charge in [0.05, 0.1) is 30.4 Å². The number of hydrogen-bond donors (Lipinski definition) is 0. The maximum Gasteiger partial charge on any atom is 0.262 e. The van der Waals surface area contributed by atoms with Crippen LogP contribution in [0.15, 0.2) is 40.5 Å². The molecule has 10 nitrogen and oxygen atoms in total. The highest BCUT2D eigenvalue weighted by Gasteiger charge is 2.30. The molecular formula is C20H26N6O4S. The molecular weight excluding hydrogens is 420 g/mol. The fraction of sp³-hybridized carbons (Fsp3) is 0.450. The molecule has 2 aromatic heterocycles. The van der Waals surface area contributed by atoms with Crippen LogP contribution in [0.4, 0.5) is 5.69 Å². The molecule has 31 heavy (non-hydrogen) atoms. The van der Waals surface area contributed by atoms with Crippen LogP contribution in [0.3, 0.4) is 0 Å². The molecule has 0 saturated carbocycles. The second-order valence-corrected chi connectivity index (χ2v) is 9.45. The Labute approximate surface area is 180 Å². The van der Waals surface area contributed by atoms with E-state index in [-0.39, 0.29) is 10.6 Å². The summed E-state index contributed by atoms with van der Waals surface area (Å²) in [5, 5.41) is 0.634. The maximum atomic E-state index is 12.9. The number of anilines is 1. The number of methoxy groups -OCH3 is 1. The Morgan fingerprint density at radius 1 is 1.16 bits per heavy atom. The van der Waals surface area contributed by atoms with Crippen molar-refractivity contribution in [1.29, 1.82) is 0 Å². The van der Waals surface area contributed by atoms with Gasteiger partial charge >= 0.3 is 0 Å². The second-order valence-electron chi connectivity index (χ2n) is 7.57. The largest absolute Gasteiger partial charge is 0.383 e. The van der Waals surface area contributed by atoms with Crippen LogP contribution in [-0.2, 0) is 28.4 Å². The highest BCUT2D eigenvalue weighted by molar-refractivity contribution is 7.89. The van der Waals surface area contributed by atoms with Crippen molar-refractivity contribution in [3.63, 3.8) is 0 Å². The van der Waals surface area contributed by atoms with Gasteiger partial charge in [0.2, 0.25) is 0 Å². The minimum atomic E-state index is -3.61. The summed E-state index contributed by atoms with van der Waals surface area (Å²) in [6.07, 6.45) is 3.08. The molecule has 0 spiro atoms. The quantitative estimate of drug-likeness (QED) is 0.546. The van der Waals surface area contributed by atoms with Gasteiger partial charge in [0, 0.05) is 52.2 Å². The highest BCUT2D eigenvalue weighted by atomic mass is 32.2. The zero-order valence-electron chi connectivity index (χ0n) is 17.9. The van der Waals surface area contributed by atoms with Crippen molar-refractivity contribution in [2.75, 3.05) is 44.8 Å². The summed E-state index contributed by atoms with van der Waals surface area (Å²) < 4.78 is 35.5. The number of rotatable bonds is 6. The van der Waals surface area contributed by atoms with E-state index < -0.39 is 10.0 Å². The topological polar surface area (TPSA) is 103 Å². The van der Waals surface area contributed by atoms with E-state index in [2.05, 4.69) is 14.9 Å². The Balaban J connectivity index is 1.50. The van der Waals surface area contributed by atoms with E-state index in [1.54, 1.807) is 37.9 Å². The zero-order chi connectivity index (χ0) is 22.2. The number of ether oxygens (including phenoxy) is 1. The lowest BCUT2D eigenvalue weighted by atomic mass is 10.2. The minimum absolute atomic E-state index is 0.0839. The molecule has 1 aromatic carbocycles. The van der Waals surface area contributed by atoms with Crippen molar-refractivity contribution in [3.8, 4) is 0 Å². The Kier molecular flexibility index (Phi) is 5.82. The summed E-state index contributed by atoms with van der Waals surface area (Å²) in [5.74, 6) is 0.655. The van der Waals surface area contributed by atoms with Gasteiger partial charge < -0.3 is 14.2 Å². The van der Waals surface area contributed by atoms with E-state index >= 15 is 0 Å². The number of aromatic nitrogens is 4. The third kappa shape index (κ3) is 4.08. The van der Waals surface area contributed by atoms with Crippen molar-refractivity contribution in [1.82, 2.24) is 23.4 Å². The van der Waals surface area contributed by atoms with E-state index in [4.69, 9.17) is 4.74 Å². The molecule has 1 saturated heterocycles. The molecule has 0 amide bonds. The number of piperazine rings is 1. The van der Waals surface area contributed by atoms with Crippen molar-refractivity contribution in [2.24, 2.45) is 7.05 Å². The van der Waals surface area contributed by atoms with E-state index in [0.29, 0.717) is 56.1 Å². The van der Waals surface area contributed by atoms with Crippen molar-refractivity contribution < 1.29 is 13.2 Å². The Hall–Kier alpha value is -2.76. The molecule has 3 heterocycles. The smallest absolute Gasteiger partial charge is 0.262 e. The van der Waals surface area contributed by atoms with Crippen LogP contribution in [0.25, 0.3) is 10.9 Å². The molecule has 0 bridgehead atoms. The molecule has 1 aliphatic heterocycles. The molecule has 1 aliphatic rings. The molecule has 4 rings (SSSR count). The molecule has 11 heteroatoms. The van der Waals surface area contributed by atoms with Gasteiger partial charge in [-0.2, -0.15) is 4.31 Å². The molecule has 0 aliphatic carbocycles. The third-order valence-electron chi connectivity index (χ3n) is 5.64. The minimum Gasteiger partial charge on any atom is -0.383 e. The number of hydrogen-bond acceptors (Lipinski definition) is 7. The van der Waals surface area contributed by atoms with Crippen molar-refractivity contribution in [2.45, 2.75) is 18.5 Å². The summed E-state index contributed by atoms with van der Waals surface area (Å²) >= 11 is 0. The molecule has 3 aromatic rings. The molecule has 0 N–H and O–H groups in total. The van der Waals surface area contributed by atoms with Gasteiger partial charge in [-0.15, -0.1) is 0 Å². The molecule has 1 fully saturated rings. The summed E-state index contributed by atoms with van der Waals surface area (Å²) in [4.78, 5) is 23.3. The van der Waals surface area contributed by atoms with Crippen LogP contribution in [0.5, 0.6) is 0 Å². The van der Waals surface area contributed by atoms with Gasteiger partial charge in [0.15, 0.2) is 5.03 Å². The van der Waals surface area contributed by atoms with Crippen LogP contribution in [0, 0.1) is 6.92 Å². The number of benzene rings is 1. The second kappa shape index (κ2) is 8.40. The predicted molar refractivity (Wildman–Crippen MR) is 117 cm³/mol. The first kappa shape index (κ1) is 21.5. The van der Waals surface area contributed by atoms with E-state index in [0.717, 1.165) is 5.69 Å². The van der Waals surface area contributed by atoms with Crippen LogP contribution < -0.4 is 10.5 Å². The fourth-order valence-electron chi connectivity index (χ4n) is 3.66. The molecule has 0 atom stereocenters. The van der Waals surface area contributed by atoms with Gasteiger partial charge in [-0.1, -0.05) is 0 Å². The molecule has 166 valence electrons. The first-order valence-electron chi connectivity index (χ1n) is 10.0. The lowest BCUT2D eigenvalue weighted by Gasteiger charge is -2.35. The first-order chi connectivity index (χ1) is 14.8. The number of aryl methyl sites for hydroxylation is 2. The van der Waals surface area contributed by atoms with Gasteiger partial charge in [0.1, 0.15) is 5.82 Å². The van der Waals surface area contributed by atoms with Crippen LogP contribution in [-0.4, -0.2) is 71.7 Å². The van der Waals surface area contributed by atoms with Gasteiger partial charge in [-0.3, -0.25) is 9.36 Å². The SMILES string of the molecule is COCCn1cnc2cc(N3CCN(S(=O)(=O)c4cn(C)c(C)n4)CC3)ccc2c1=O. The number of fused-ring (bicyclic) bond motifs is 1. The number of nitrogens with zero attached hydrogens (tertiary/aromatic N) is 6. The maximum absolute atomic E-state index is 12.9. The average Bonchev–Trinajstić information content (AvgIpc) is 3.12.